The highest BCUT2D eigenvalue weighted by Gasteiger charge is 2.34. The van der Waals surface area contributed by atoms with Gasteiger partial charge in [-0.25, -0.2) is 8.78 Å². The lowest BCUT2D eigenvalue weighted by Gasteiger charge is -2.12. The number of aryl methyl sites for hydroxylation is 1. The van der Waals surface area contributed by atoms with Gasteiger partial charge in [0.15, 0.2) is 0 Å². The largest absolute Gasteiger partial charge is 0.457 e. The Balaban J connectivity index is 1.57. The molecule has 172 valence electrons. The van der Waals surface area contributed by atoms with Gasteiger partial charge in [0.2, 0.25) is 5.91 Å². The Morgan fingerprint density at radius 1 is 1.33 bits per heavy atom. The molecule has 11 heteroatoms. The molecule has 0 radical (unpaired) electrons. The van der Waals surface area contributed by atoms with Gasteiger partial charge in [0, 0.05) is 18.1 Å². The Labute approximate surface area is 195 Å². The predicted octanol–water partition coefficient (Wildman–Crippen LogP) is 6.11. The lowest BCUT2D eigenvalue weighted by molar-refractivity contribution is -0.384. The van der Waals surface area contributed by atoms with E-state index in [1.807, 2.05) is 19.1 Å². The summed E-state index contributed by atoms with van der Waals surface area (Å²) >= 11 is 3.19. The number of para-hydroxylation sites is 1. The van der Waals surface area contributed by atoms with Crippen LogP contribution in [-0.2, 0) is 11.3 Å². The highest BCUT2D eigenvalue weighted by atomic mass is 79.9. The van der Waals surface area contributed by atoms with E-state index in [4.69, 9.17) is 4.74 Å². The average molecular weight is 521 g/mol. The smallest absolute Gasteiger partial charge is 0.283 e. The second-order valence-electron chi connectivity index (χ2n) is 7.71. The molecule has 3 aromatic rings. The number of rotatable bonds is 8. The maximum Gasteiger partial charge on any atom is 0.283 e. The van der Waals surface area contributed by atoms with Crippen molar-refractivity contribution in [3.8, 4) is 11.5 Å². The minimum atomic E-state index is -2.78. The number of nitro groups is 1. The Morgan fingerprint density at radius 2 is 2.06 bits per heavy atom. The molecule has 33 heavy (non-hydrogen) atoms. The number of nitro benzene ring substituents is 1. The van der Waals surface area contributed by atoms with Crippen LogP contribution >= 0.6 is 15.9 Å². The predicted molar refractivity (Wildman–Crippen MR) is 120 cm³/mol. The number of aromatic nitrogens is 2. The fraction of sp³-hybridized carbons (Fsp3) is 0.273. The number of benzene rings is 2. The normalized spacial score (nSPS) is 13.2. The summed E-state index contributed by atoms with van der Waals surface area (Å²) < 4.78 is 33.8. The van der Waals surface area contributed by atoms with E-state index in [0.717, 1.165) is 18.4 Å². The SMILES string of the molecule is Cc1ccccc1Oc1cc(NC(=O)Cn2nc(C(F)F)c(Br)c2C2CC2)cc([N+](=O)[O-])c1. The van der Waals surface area contributed by atoms with Gasteiger partial charge in [-0.3, -0.25) is 19.6 Å². The molecule has 0 bridgehead atoms. The first kappa shape index (κ1) is 22.8. The highest BCUT2D eigenvalue weighted by Crippen LogP contribution is 2.45. The van der Waals surface area contributed by atoms with Crippen molar-refractivity contribution in [1.82, 2.24) is 9.78 Å². The van der Waals surface area contributed by atoms with Gasteiger partial charge in [0.1, 0.15) is 23.7 Å². The van der Waals surface area contributed by atoms with E-state index in [-0.39, 0.29) is 34.1 Å². The van der Waals surface area contributed by atoms with Crippen LogP contribution < -0.4 is 10.1 Å². The van der Waals surface area contributed by atoms with Gasteiger partial charge in [-0.15, -0.1) is 0 Å². The first-order chi connectivity index (χ1) is 15.7. The molecule has 1 N–H and O–H groups in total. The zero-order valence-electron chi connectivity index (χ0n) is 17.4. The number of alkyl halides is 2. The van der Waals surface area contributed by atoms with Crippen LogP contribution in [0.15, 0.2) is 46.9 Å². The monoisotopic (exact) mass is 520 g/mol. The van der Waals surface area contributed by atoms with E-state index < -0.39 is 22.9 Å². The molecule has 8 nitrogen and oxygen atoms in total. The van der Waals surface area contributed by atoms with Crippen molar-refractivity contribution in [3.63, 3.8) is 0 Å². The third kappa shape index (κ3) is 5.19. The van der Waals surface area contributed by atoms with Crippen molar-refractivity contribution in [1.29, 1.82) is 0 Å². The fourth-order valence-corrected chi connectivity index (χ4v) is 4.21. The van der Waals surface area contributed by atoms with Crippen LogP contribution in [0.2, 0.25) is 0 Å². The van der Waals surface area contributed by atoms with Crippen LogP contribution in [0.5, 0.6) is 11.5 Å². The number of carbonyl (C=O) groups is 1. The maximum absolute atomic E-state index is 13.3. The standard InChI is InChI=1S/C22H19BrF2N4O4/c1-12-4-2-3-5-17(12)33-16-9-14(8-15(10-16)29(31)32)26-18(30)11-28-21(13-6-7-13)19(23)20(27-28)22(24)25/h2-5,8-10,13,22H,6-7,11H2,1H3,(H,26,30). The summed E-state index contributed by atoms with van der Waals surface area (Å²) in [6.45, 7) is 1.52. The average Bonchev–Trinajstić information content (AvgIpc) is 3.52. The topological polar surface area (TPSA) is 99.3 Å². The van der Waals surface area contributed by atoms with Crippen LogP contribution in [0.25, 0.3) is 0 Å². The summed E-state index contributed by atoms with van der Waals surface area (Å²) in [5, 5.41) is 17.9. The molecule has 0 unspecified atom stereocenters. The molecular weight excluding hydrogens is 502 g/mol. The molecule has 0 aliphatic heterocycles. The summed E-state index contributed by atoms with van der Waals surface area (Å²) in [7, 11) is 0. The molecule has 1 aliphatic carbocycles. The summed E-state index contributed by atoms with van der Waals surface area (Å²) in [5.41, 5.74) is 0.862. The molecular formula is C22H19BrF2N4O4. The number of carbonyl (C=O) groups excluding carboxylic acids is 1. The Hall–Kier alpha value is -3.34. The Morgan fingerprint density at radius 3 is 2.70 bits per heavy atom. The first-order valence-electron chi connectivity index (χ1n) is 10.1. The van der Waals surface area contributed by atoms with Crippen molar-refractivity contribution in [2.45, 2.75) is 38.7 Å². The molecule has 2 aromatic carbocycles. The second kappa shape index (κ2) is 9.26. The third-order valence-corrected chi connectivity index (χ3v) is 5.94. The summed E-state index contributed by atoms with van der Waals surface area (Å²) in [4.78, 5) is 23.5. The van der Waals surface area contributed by atoms with Crippen molar-refractivity contribution in [2.24, 2.45) is 0 Å². The van der Waals surface area contributed by atoms with Gasteiger partial charge in [-0.05, 0) is 47.3 Å². The van der Waals surface area contributed by atoms with E-state index in [0.29, 0.717) is 11.4 Å². The number of anilines is 1. The molecule has 1 heterocycles. The number of non-ortho nitro benzene ring substituents is 1. The summed E-state index contributed by atoms with van der Waals surface area (Å²) in [6, 6.07) is 11.1. The zero-order valence-corrected chi connectivity index (χ0v) is 19.0. The van der Waals surface area contributed by atoms with Crippen LogP contribution in [0, 0.1) is 17.0 Å². The minimum Gasteiger partial charge on any atom is -0.457 e. The molecule has 0 saturated heterocycles. The van der Waals surface area contributed by atoms with E-state index in [9.17, 15) is 23.7 Å². The number of hydrogen-bond donors (Lipinski definition) is 1. The van der Waals surface area contributed by atoms with Gasteiger partial charge in [-0.1, -0.05) is 18.2 Å². The van der Waals surface area contributed by atoms with Gasteiger partial charge < -0.3 is 10.1 Å². The molecule has 1 saturated carbocycles. The highest BCUT2D eigenvalue weighted by molar-refractivity contribution is 9.10. The molecule has 1 fully saturated rings. The van der Waals surface area contributed by atoms with Crippen molar-refractivity contribution < 1.29 is 23.2 Å². The zero-order chi connectivity index (χ0) is 23.7. The van der Waals surface area contributed by atoms with Gasteiger partial charge in [0.25, 0.3) is 12.1 Å². The van der Waals surface area contributed by atoms with Crippen LogP contribution in [0.1, 0.15) is 42.1 Å². The van der Waals surface area contributed by atoms with Crippen LogP contribution in [0.3, 0.4) is 0 Å². The van der Waals surface area contributed by atoms with Crippen molar-refractivity contribution in [3.05, 3.63) is 74.0 Å². The third-order valence-electron chi connectivity index (χ3n) is 5.13. The quantitative estimate of drug-likeness (QED) is 0.285. The van der Waals surface area contributed by atoms with E-state index in [1.165, 1.54) is 22.9 Å². The van der Waals surface area contributed by atoms with E-state index >= 15 is 0 Å². The van der Waals surface area contributed by atoms with Gasteiger partial charge >= 0.3 is 0 Å². The van der Waals surface area contributed by atoms with Gasteiger partial charge in [0.05, 0.1) is 26.8 Å². The molecule has 0 spiro atoms. The lowest BCUT2D eigenvalue weighted by atomic mass is 10.2. The van der Waals surface area contributed by atoms with Crippen LogP contribution in [0.4, 0.5) is 20.2 Å². The molecule has 1 aliphatic rings. The summed E-state index contributed by atoms with van der Waals surface area (Å²) in [5.74, 6) is 0.203. The van der Waals surface area contributed by atoms with Crippen molar-refractivity contribution in [2.75, 3.05) is 5.32 Å². The minimum absolute atomic E-state index is 0.0686. The van der Waals surface area contributed by atoms with E-state index in [2.05, 4.69) is 26.3 Å². The summed E-state index contributed by atoms with van der Waals surface area (Å²) in [6.07, 6.45) is -1.11. The number of ether oxygens (including phenoxy) is 1. The Kier molecular flexibility index (Phi) is 6.41. The molecule has 1 aromatic heterocycles. The van der Waals surface area contributed by atoms with Crippen LogP contribution in [-0.4, -0.2) is 20.6 Å². The lowest BCUT2D eigenvalue weighted by Crippen LogP contribution is -2.21. The molecule has 4 rings (SSSR count). The maximum atomic E-state index is 13.3. The number of hydrogen-bond acceptors (Lipinski definition) is 5. The number of halogens is 3. The Bertz CT molecular complexity index is 1230. The first-order valence-corrected chi connectivity index (χ1v) is 10.9. The number of amides is 1. The molecule has 0 atom stereocenters. The van der Waals surface area contributed by atoms with E-state index in [1.54, 1.807) is 12.1 Å². The molecule has 1 amide bonds. The number of nitrogens with one attached hydrogen (secondary N) is 1. The fourth-order valence-electron chi connectivity index (χ4n) is 3.43. The van der Waals surface area contributed by atoms with Gasteiger partial charge in [-0.2, -0.15) is 5.10 Å². The van der Waals surface area contributed by atoms with Crippen molar-refractivity contribution >= 4 is 33.2 Å². The number of nitrogens with zero attached hydrogens (tertiary/aromatic N) is 3. The second-order valence-corrected chi connectivity index (χ2v) is 8.50.